The first-order valence-electron chi connectivity index (χ1n) is 6.51. The Morgan fingerprint density at radius 3 is 2.70 bits per heavy atom. The summed E-state index contributed by atoms with van der Waals surface area (Å²) >= 11 is 1.05. The number of aromatic nitrogens is 3. The summed E-state index contributed by atoms with van der Waals surface area (Å²) in [7, 11) is 0. The molecular formula is C15H9N5O2S. The van der Waals surface area contributed by atoms with E-state index in [4.69, 9.17) is 5.26 Å². The van der Waals surface area contributed by atoms with Crippen molar-refractivity contribution in [1.29, 1.82) is 5.26 Å². The van der Waals surface area contributed by atoms with Crippen LogP contribution in [0.2, 0.25) is 0 Å². The van der Waals surface area contributed by atoms with Crippen molar-refractivity contribution < 1.29 is 4.92 Å². The molecule has 112 valence electrons. The first kappa shape index (κ1) is 14.7. The van der Waals surface area contributed by atoms with E-state index in [0.29, 0.717) is 15.6 Å². The van der Waals surface area contributed by atoms with Crippen LogP contribution < -0.4 is 0 Å². The molecule has 0 aliphatic heterocycles. The molecule has 0 atom stereocenters. The number of rotatable bonds is 4. The van der Waals surface area contributed by atoms with E-state index in [-0.39, 0.29) is 5.69 Å². The van der Waals surface area contributed by atoms with Crippen molar-refractivity contribution in [3.05, 3.63) is 70.5 Å². The largest absolute Gasteiger partial charge is 0.283 e. The maximum atomic E-state index is 11.1. The van der Waals surface area contributed by atoms with Gasteiger partial charge in [-0.15, -0.1) is 5.10 Å². The number of nitro groups is 1. The van der Waals surface area contributed by atoms with Crippen molar-refractivity contribution >= 4 is 17.4 Å². The zero-order valence-electron chi connectivity index (χ0n) is 11.7. The van der Waals surface area contributed by atoms with Gasteiger partial charge < -0.3 is 0 Å². The molecule has 0 bridgehead atoms. The molecule has 0 radical (unpaired) electrons. The molecule has 0 saturated carbocycles. The fraction of sp³-hybridized carbons (Fsp3) is 0. The summed E-state index contributed by atoms with van der Waals surface area (Å²) in [5.74, 6) is 0. The van der Waals surface area contributed by atoms with Gasteiger partial charge in [-0.1, -0.05) is 18.2 Å². The third kappa shape index (κ3) is 3.20. The molecule has 1 heterocycles. The van der Waals surface area contributed by atoms with E-state index in [0.717, 1.165) is 17.4 Å². The Hall–Kier alpha value is -3.18. The molecule has 0 unspecified atom stereocenters. The number of nitrogens with zero attached hydrogens (tertiary/aromatic N) is 5. The predicted molar refractivity (Wildman–Crippen MR) is 83.3 cm³/mol. The lowest BCUT2D eigenvalue weighted by Crippen LogP contribution is -1.94. The van der Waals surface area contributed by atoms with Gasteiger partial charge in [0.1, 0.15) is 6.33 Å². The highest BCUT2D eigenvalue weighted by molar-refractivity contribution is 7.99. The van der Waals surface area contributed by atoms with Gasteiger partial charge in [0, 0.05) is 6.07 Å². The molecule has 7 nitrogen and oxygen atoms in total. The molecule has 3 rings (SSSR count). The van der Waals surface area contributed by atoms with Crippen LogP contribution in [-0.4, -0.2) is 19.7 Å². The average molecular weight is 323 g/mol. The van der Waals surface area contributed by atoms with Gasteiger partial charge in [-0.2, -0.15) is 5.26 Å². The number of hydrogen-bond donors (Lipinski definition) is 0. The summed E-state index contributed by atoms with van der Waals surface area (Å²) in [6.45, 7) is 0. The van der Waals surface area contributed by atoms with E-state index in [2.05, 4.69) is 10.1 Å². The van der Waals surface area contributed by atoms with Crippen LogP contribution in [0.3, 0.4) is 0 Å². The van der Waals surface area contributed by atoms with Crippen LogP contribution in [0.25, 0.3) is 5.69 Å². The van der Waals surface area contributed by atoms with Gasteiger partial charge in [0.25, 0.3) is 5.69 Å². The van der Waals surface area contributed by atoms with Gasteiger partial charge in [-0.25, -0.2) is 9.67 Å². The Bertz CT molecular complexity index is 902. The second-order valence-electron chi connectivity index (χ2n) is 4.46. The molecule has 0 amide bonds. The second kappa shape index (κ2) is 6.29. The van der Waals surface area contributed by atoms with Crippen molar-refractivity contribution in [1.82, 2.24) is 14.8 Å². The molecular weight excluding hydrogens is 314 g/mol. The van der Waals surface area contributed by atoms with Crippen LogP contribution in [-0.2, 0) is 0 Å². The van der Waals surface area contributed by atoms with E-state index in [1.54, 1.807) is 4.68 Å². The lowest BCUT2D eigenvalue weighted by molar-refractivity contribution is -0.387. The Morgan fingerprint density at radius 2 is 2.00 bits per heavy atom. The summed E-state index contributed by atoms with van der Waals surface area (Å²) in [6.07, 6.45) is 1.54. The molecule has 23 heavy (non-hydrogen) atoms. The molecule has 0 spiro atoms. The minimum Gasteiger partial charge on any atom is -0.258 e. The quantitative estimate of drug-likeness (QED) is 0.540. The summed E-state index contributed by atoms with van der Waals surface area (Å²) in [6, 6.07) is 15.6. The van der Waals surface area contributed by atoms with Crippen LogP contribution in [0, 0.1) is 21.4 Å². The van der Waals surface area contributed by atoms with Crippen molar-refractivity contribution in [2.75, 3.05) is 0 Å². The maximum absolute atomic E-state index is 11.1. The van der Waals surface area contributed by atoms with Crippen LogP contribution in [0.1, 0.15) is 5.56 Å². The smallest absolute Gasteiger partial charge is 0.258 e. The summed E-state index contributed by atoms with van der Waals surface area (Å²) < 4.78 is 1.59. The van der Waals surface area contributed by atoms with E-state index in [1.807, 2.05) is 36.4 Å². The van der Waals surface area contributed by atoms with Crippen molar-refractivity contribution in [2.45, 2.75) is 10.1 Å². The molecule has 2 aromatic carbocycles. The van der Waals surface area contributed by atoms with Gasteiger partial charge in [-0.05, 0) is 36.0 Å². The fourth-order valence-corrected chi connectivity index (χ4v) is 2.77. The molecule has 0 saturated heterocycles. The van der Waals surface area contributed by atoms with Crippen LogP contribution in [0.4, 0.5) is 5.69 Å². The topological polar surface area (TPSA) is 97.6 Å². The summed E-state index contributed by atoms with van der Waals surface area (Å²) in [5.41, 5.74) is 1.11. The van der Waals surface area contributed by atoms with E-state index < -0.39 is 4.92 Å². The number of benzene rings is 2. The van der Waals surface area contributed by atoms with E-state index in [1.165, 1.54) is 24.5 Å². The number of hydrogen-bond acceptors (Lipinski definition) is 6. The minimum atomic E-state index is -0.488. The van der Waals surface area contributed by atoms with Gasteiger partial charge in [0.05, 0.1) is 27.1 Å². The number of para-hydroxylation sites is 1. The molecule has 0 N–H and O–H groups in total. The average Bonchev–Trinajstić information content (AvgIpc) is 3.04. The van der Waals surface area contributed by atoms with Gasteiger partial charge in [0.2, 0.25) is 5.16 Å². The zero-order chi connectivity index (χ0) is 16.2. The standard InChI is InChI=1S/C15H9N5O2S/c16-9-11-6-7-13(20(21)22)14(8-11)23-15-17-10-19(18-15)12-4-2-1-3-5-12/h1-8,10H. The first-order chi connectivity index (χ1) is 11.2. The number of nitriles is 1. The Morgan fingerprint density at radius 1 is 1.22 bits per heavy atom. The Balaban J connectivity index is 1.92. The summed E-state index contributed by atoms with van der Waals surface area (Å²) in [5, 5.41) is 24.7. The maximum Gasteiger partial charge on any atom is 0.283 e. The van der Waals surface area contributed by atoms with Crippen LogP contribution >= 0.6 is 11.8 Å². The molecule has 3 aromatic rings. The highest BCUT2D eigenvalue weighted by Crippen LogP contribution is 2.33. The van der Waals surface area contributed by atoms with E-state index >= 15 is 0 Å². The number of nitro benzene ring substituents is 1. The highest BCUT2D eigenvalue weighted by atomic mass is 32.2. The van der Waals surface area contributed by atoms with Crippen molar-refractivity contribution in [2.24, 2.45) is 0 Å². The lowest BCUT2D eigenvalue weighted by Gasteiger charge is -2.01. The molecule has 0 aliphatic carbocycles. The fourth-order valence-electron chi connectivity index (χ4n) is 1.91. The third-order valence-corrected chi connectivity index (χ3v) is 3.89. The summed E-state index contributed by atoms with van der Waals surface area (Å²) in [4.78, 5) is 15.1. The minimum absolute atomic E-state index is 0.0786. The van der Waals surface area contributed by atoms with Crippen molar-refractivity contribution in [3.8, 4) is 11.8 Å². The monoisotopic (exact) mass is 323 g/mol. The lowest BCUT2D eigenvalue weighted by atomic mass is 10.2. The Kier molecular flexibility index (Phi) is 4.03. The van der Waals surface area contributed by atoms with Gasteiger partial charge >= 0.3 is 0 Å². The molecule has 0 aliphatic rings. The van der Waals surface area contributed by atoms with Gasteiger partial charge in [-0.3, -0.25) is 10.1 Å². The molecule has 1 aromatic heterocycles. The highest BCUT2D eigenvalue weighted by Gasteiger charge is 2.17. The second-order valence-corrected chi connectivity index (χ2v) is 5.47. The normalized spacial score (nSPS) is 10.2. The molecule has 0 fully saturated rings. The van der Waals surface area contributed by atoms with Crippen LogP contribution in [0.5, 0.6) is 0 Å². The predicted octanol–water partition coefficient (Wildman–Crippen LogP) is 3.20. The van der Waals surface area contributed by atoms with Crippen molar-refractivity contribution in [3.63, 3.8) is 0 Å². The van der Waals surface area contributed by atoms with Gasteiger partial charge in [0.15, 0.2) is 0 Å². The van der Waals surface area contributed by atoms with E-state index in [9.17, 15) is 10.1 Å². The Labute approximate surface area is 135 Å². The SMILES string of the molecule is N#Cc1ccc([N+](=O)[O-])c(Sc2ncn(-c3ccccc3)n2)c1. The zero-order valence-corrected chi connectivity index (χ0v) is 12.5. The first-order valence-corrected chi connectivity index (χ1v) is 7.32. The van der Waals surface area contributed by atoms with Crippen LogP contribution in [0.15, 0.2) is 64.9 Å². The molecule has 8 heteroatoms. The third-order valence-electron chi connectivity index (χ3n) is 2.98.